The third-order valence-electron chi connectivity index (χ3n) is 9.02. The van der Waals surface area contributed by atoms with E-state index in [4.69, 9.17) is 0 Å². The molecule has 1 fully saturated rings. The molecular formula is C33H31N3O4. The molecule has 7 nitrogen and oxygen atoms in total. The quantitative estimate of drug-likeness (QED) is 0.436. The smallest absolute Gasteiger partial charge is 0.257 e. The summed E-state index contributed by atoms with van der Waals surface area (Å²) in [6, 6.07) is 21.6. The van der Waals surface area contributed by atoms with Crippen molar-refractivity contribution in [3.8, 4) is 0 Å². The second-order valence-corrected chi connectivity index (χ2v) is 11.3. The lowest BCUT2D eigenvalue weighted by Gasteiger charge is -2.31. The second-order valence-electron chi connectivity index (χ2n) is 11.3. The molecule has 40 heavy (non-hydrogen) atoms. The summed E-state index contributed by atoms with van der Waals surface area (Å²) in [6.07, 6.45) is 5.22. The van der Waals surface area contributed by atoms with Crippen molar-refractivity contribution in [3.05, 3.63) is 83.4 Å². The van der Waals surface area contributed by atoms with E-state index in [1.165, 1.54) is 0 Å². The van der Waals surface area contributed by atoms with Crippen molar-refractivity contribution < 1.29 is 19.2 Å². The molecule has 0 N–H and O–H groups in total. The Bertz CT molecular complexity index is 1580. The Morgan fingerprint density at radius 2 is 1.40 bits per heavy atom. The van der Waals surface area contributed by atoms with Crippen molar-refractivity contribution in [1.29, 1.82) is 0 Å². The second kappa shape index (κ2) is 9.73. The molecule has 2 aliphatic heterocycles. The van der Waals surface area contributed by atoms with Gasteiger partial charge in [-0.1, -0.05) is 55.0 Å². The van der Waals surface area contributed by atoms with E-state index in [1.54, 1.807) is 4.90 Å². The normalized spacial score (nSPS) is 22.5. The van der Waals surface area contributed by atoms with Gasteiger partial charge in [0.2, 0.25) is 11.8 Å². The molecule has 202 valence electrons. The monoisotopic (exact) mass is 533 g/mol. The van der Waals surface area contributed by atoms with Crippen molar-refractivity contribution in [3.63, 3.8) is 0 Å². The van der Waals surface area contributed by atoms with Gasteiger partial charge in [-0.05, 0) is 73.1 Å². The van der Waals surface area contributed by atoms with Gasteiger partial charge in [0.1, 0.15) is 6.54 Å². The Hall–Kier alpha value is -4.26. The SMILES string of the molecule is O=C1C2=C(CCCC2)C(=O)N1CC(=O)N1c2ccccc2N(Cc2ccc3ccccc3c2)C(=O)C2CCCC21. The summed E-state index contributed by atoms with van der Waals surface area (Å²) in [6.45, 7) is 0.0900. The van der Waals surface area contributed by atoms with Gasteiger partial charge in [0.05, 0.1) is 23.8 Å². The van der Waals surface area contributed by atoms with E-state index in [-0.39, 0.29) is 42.1 Å². The summed E-state index contributed by atoms with van der Waals surface area (Å²) >= 11 is 0. The van der Waals surface area contributed by atoms with Crippen molar-refractivity contribution in [1.82, 2.24) is 4.90 Å². The fourth-order valence-electron chi connectivity index (χ4n) is 7.08. The van der Waals surface area contributed by atoms with Crippen LogP contribution < -0.4 is 9.80 Å². The number of carbonyl (C=O) groups is 4. The van der Waals surface area contributed by atoms with Crippen LogP contribution in [0.2, 0.25) is 0 Å². The highest BCUT2D eigenvalue weighted by molar-refractivity contribution is 6.21. The lowest BCUT2D eigenvalue weighted by molar-refractivity contribution is -0.141. The van der Waals surface area contributed by atoms with Crippen LogP contribution in [0.3, 0.4) is 0 Å². The van der Waals surface area contributed by atoms with E-state index in [2.05, 4.69) is 30.3 Å². The highest BCUT2D eigenvalue weighted by atomic mass is 16.2. The summed E-state index contributed by atoms with van der Waals surface area (Å²) in [5, 5.41) is 2.26. The zero-order valence-corrected chi connectivity index (χ0v) is 22.3. The molecule has 0 spiro atoms. The molecule has 7 rings (SSSR count). The van der Waals surface area contributed by atoms with Gasteiger partial charge in [-0.15, -0.1) is 0 Å². The molecule has 0 radical (unpaired) electrons. The number of imide groups is 1. The molecule has 0 bridgehead atoms. The fourth-order valence-corrected chi connectivity index (χ4v) is 7.08. The molecule has 4 amide bonds. The lowest BCUT2D eigenvalue weighted by atomic mass is 9.93. The summed E-state index contributed by atoms with van der Waals surface area (Å²) < 4.78 is 0. The number of rotatable bonds is 4. The van der Waals surface area contributed by atoms with E-state index in [0.29, 0.717) is 54.7 Å². The highest BCUT2D eigenvalue weighted by Gasteiger charge is 2.47. The van der Waals surface area contributed by atoms with Gasteiger partial charge in [-0.2, -0.15) is 0 Å². The first-order chi connectivity index (χ1) is 19.5. The van der Waals surface area contributed by atoms with Gasteiger partial charge in [-0.25, -0.2) is 0 Å². The van der Waals surface area contributed by atoms with E-state index in [0.717, 1.165) is 40.5 Å². The Labute approximate surface area is 233 Å². The van der Waals surface area contributed by atoms with E-state index in [9.17, 15) is 19.2 Å². The van der Waals surface area contributed by atoms with Gasteiger partial charge < -0.3 is 9.80 Å². The lowest BCUT2D eigenvalue weighted by Crippen LogP contribution is -2.49. The first-order valence-electron chi connectivity index (χ1n) is 14.3. The molecule has 0 aromatic heterocycles. The molecule has 3 aromatic carbocycles. The van der Waals surface area contributed by atoms with Crippen LogP contribution >= 0.6 is 0 Å². The van der Waals surface area contributed by atoms with Crippen LogP contribution in [0.5, 0.6) is 0 Å². The van der Waals surface area contributed by atoms with E-state index < -0.39 is 0 Å². The molecule has 2 aliphatic carbocycles. The maximum Gasteiger partial charge on any atom is 0.257 e. The predicted molar refractivity (Wildman–Crippen MR) is 152 cm³/mol. The van der Waals surface area contributed by atoms with Crippen LogP contribution in [-0.2, 0) is 25.7 Å². The van der Waals surface area contributed by atoms with Crippen LogP contribution in [0.4, 0.5) is 11.4 Å². The minimum Gasteiger partial charge on any atom is -0.306 e. The average Bonchev–Trinajstić information content (AvgIpc) is 3.53. The summed E-state index contributed by atoms with van der Waals surface area (Å²) in [5.41, 5.74) is 3.51. The van der Waals surface area contributed by atoms with Gasteiger partial charge in [0.25, 0.3) is 11.8 Å². The van der Waals surface area contributed by atoms with Crippen molar-refractivity contribution in [2.45, 2.75) is 57.5 Å². The van der Waals surface area contributed by atoms with E-state index in [1.807, 2.05) is 41.3 Å². The number of anilines is 2. The number of nitrogens with zero attached hydrogens (tertiary/aromatic N) is 3. The van der Waals surface area contributed by atoms with Gasteiger partial charge in [-0.3, -0.25) is 24.1 Å². The first-order valence-corrected chi connectivity index (χ1v) is 14.3. The number of hydrogen-bond acceptors (Lipinski definition) is 4. The zero-order chi connectivity index (χ0) is 27.4. The predicted octanol–water partition coefficient (Wildman–Crippen LogP) is 5.13. The number of hydrogen-bond donors (Lipinski definition) is 0. The molecule has 3 aromatic rings. The minimum absolute atomic E-state index is 0.0175. The maximum atomic E-state index is 14.1. The first kappa shape index (κ1) is 24.8. The van der Waals surface area contributed by atoms with Crippen LogP contribution in [0.15, 0.2) is 77.9 Å². The summed E-state index contributed by atoms with van der Waals surface area (Å²) in [7, 11) is 0. The van der Waals surface area contributed by atoms with Crippen LogP contribution in [0, 0.1) is 5.92 Å². The highest BCUT2D eigenvalue weighted by Crippen LogP contribution is 2.44. The van der Waals surface area contributed by atoms with Gasteiger partial charge in [0, 0.05) is 17.2 Å². The average molecular weight is 534 g/mol. The van der Waals surface area contributed by atoms with Crippen molar-refractivity contribution in [2.24, 2.45) is 5.92 Å². The molecule has 2 atom stereocenters. The minimum atomic E-state index is -0.340. The Balaban J connectivity index is 1.24. The van der Waals surface area contributed by atoms with Gasteiger partial charge in [0.15, 0.2) is 0 Å². The molecule has 4 aliphatic rings. The molecule has 0 saturated heterocycles. The maximum absolute atomic E-state index is 14.1. The standard InChI is InChI=1S/C33H31N3O4/c37-30(20-35-31(38)24-10-3-4-11-25(24)32(35)39)36-27-15-7-12-26(27)33(40)34(28-13-5-6-14-29(28)36)19-21-16-17-22-8-1-2-9-23(22)18-21/h1-2,5-6,8-9,13-14,16-18,26-27H,3-4,7,10-12,15,19-20H2. The van der Waals surface area contributed by atoms with Crippen molar-refractivity contribution in [2.75, 3.05) is 16.3 Å². The number of fused-ring (bicyclic) bond motifs is 3. The van der Waals surface area contributed by atoms with Crippen LogP contribution in [-0.4, -0.2) is 41.1 Å². The fraction of sp³-hybridized carbons (Fsp3) is 0.333. The number of para-hydroxylation sites is 2. The van der Waals surface area contributed by atoms with E-state index >= 15 is 0 Å². The Kier molecular flexibility index (Phi) is 6.02. The third kappa shape index (κ3) is 3.95. The van der Waals surface area contributed by atoms with Crippen molar-refractivity contribution >= 4 is 45.8 Å². The molecule has 1 saturated carbocycles. The van der Waals surface area contributed by atoms with Gasteiger partial charge >= 0.3 is 0 Å². The molecular weight excluding hydrogens is 502 g/mol. The molecule has 2 heterocycles. The van der Waals surface area contributed by atoms with Crippen LogP contribution in [0.25, 0.3) is 10.8 Å². The Morgan fingerprint density at radius 3 is 2.15 bits per heavy atom. The summed E-state index contributed by atoms with van der Waals surface area (Å²) in [4.78, 5) is 59.1. The number of amides is 4. The third-order valence-corrected chi connectivity index (χ3v) is 9.02. The largest absolute Gasteiger partial charge is 0.306 e. The topological polar surface area (TPSA) is 78.0 Å². The van der Waals surface area contributed by atoms with Crippen LogP contribution in [0.1, 0.15) is 50.5 Å². The Morgan fingerprint density at radius 1 is 0.725 bits per heavy atom. The zero-order valence-electron chi connectivity index (χ0n) is 22.3. The number of benzene rings is 3. The molecule has 7 heteroatoms. The molecule has 2 unspecified atom stereocenters. The number of carbonyl (C=O) groups excluding carboxylic acids is 4. The summed E-state index contributed by atoms with van der Waals surface area (Å²) in [5.74, 6) is -1.29.